The normalized spacial score (nSPS) is 21.2. The van der Waals surface area contributed by atoms with Gasteiger partial charge in [0.25, 0.3) is 10.2 Å². The molecule has 1 rings (SSSR count). The summed E-state index contributed by atoms with van der Waals surface area (Å²) in [6.07, 6.45) is 1.91. The molecule has 1 unspecified atom stereocenters. The van der Waals surface area contributed by atoms with Crippen LogP contribution in [0.2, 0.25) is 0 Å². The number of hydrogen-bond donors (Lipinski definition) is 1. The lowest BCUT2D eigenvalue weighted by Gasteiger charge is -2.33. The molecule has 1 N–H and O–H groups in total. The van der Waals surface area contributed by atoms with Crippen LogP contribution in [-0.2, 0) is 10.2 Å². The van der Waals surface area contributed by atoms with E-state index in [2.05, 4.69) is 12.2 Å². The van der Waals surface area contributed by atoms with Gasteiger partial charge in [0.15, 0.2) is 0 Å². The molecule has 0 aromatic carbocycles. The van der Waals surface area contributed by atoms with E-state index in [1.54, 1.807) is 11.4 Å². The van der Waals surface area contributed by atoms with Crippen molar-refractivity contribution in [3.63, 3.8) is 0 Å². The average Bonchev–Trinajstić information content (AvgIpc) is 2.29. The Morgan fingerprint density at radius 1 is 1.38 bits per heavy atom. The Labute approximate surface area is 99.0 Å². The van der Waals surface area contributed by atoms with Crippen LogP contribution < -0.4 is 5.32 Å². The molecule has 1 aliphatic rings. The van der Waals surface area contributed by atoms with Gasteiger partial charge in [0.2, 0.25) is 0 Å². The van der Waals surface area contributed by atoms with Crippen LogP contribution in [0.25, 0.3) is 0 Å². The van der Waals surface area contributed by atoms with Crippen molar-refractivity contribution in [2.75, 3.05) is 33.2 Å². The lowest BCUT2D eigenvalue weighted by molar-refractivity contribution is 0.297. The molecule has 0 amide bonds. The second-order valence-electron chi connectivity index (χ2n) is 4.31. The van der Waals surface area contributed by atoms with Crippen LogP contribution in [0.4, 0.5) is 0 Å². The van der Waals surface area contributed by atoms with Crippen LogP contribution in [0.1, 0.15) is 26.7 Å². The summed E-state index contributed by atoms with van der Waals surface area (Å²) >= 11 is 0. The van der Waals surface area contributed by atoms with Gasteiger partial charge in [-0.2, -0.15) is 17.0 Å². The maximum atomic E-state index is 12.2. The van der Waals surface area contributed by atoms with Crippen molar-refractivity contribution in [3.8, 4) is 0 Å². The number of rotatable bonds is 5. The van der Waals surface area contributed by atoms with Gasteiger partial charge in [-0.15, -0.1) is 0 Å². The van der Waals surface area contributed by atoms with Crippen molar-refractivity contribution in [1.82, 2.24) is 13.9 Å². The summed E-state index contributed by atoms with van der Waals surface area (Å²) in [4.78, 5) is 0. The van der Waals surface area contributed by atoms with Gasteiger partial charge in [-0.3, -0.25) is 0 Å². The van der Waals surface area contributed by atoms with E-state index in [-0.39, 0.29) is 6.04 Å². The molecule has 1 saturated heterocycles. The Bertz CT molecular complexity index is 299. The Hall–Kier alpha value is -0.170. The third-order valence-corrected chi connectivity index (χ3v) is 5.20. The van der Waals surface area contributed by atoms with E-state index in [0.717, 1.165) is 25.9 Å². The van der Waals surface area contributed by atoms with Gasteiger partial charge < -0.3 is 5.32 Å². The van der Waals surface area contributed by atoms with Crippen LogP contribution in [0.3, 0.4) is 0 Å². The number of hydrogen-bond acceptors (Lipinski definition) is 3. The number of nitrogens with zero attached hydrogens (tertiary/aromatic N) is 2. The smallest absolute Gasteiger partial charge is 0.282 e. The molecule has 96 valence electrons. The molecule has 1 aliphatic heterocycles. The standard InChI is InChI=1S/C10H23N3O2S/c1-4-5-10(2)12(3)16(14,15)13-8-6-11-7-9-13/h10-11H,4-9H2,1-3H3. The summed E-state index contributed by atoms with van der Waals surface area (Å²) in [5.41, 5.74) is 0. The molecule has 0 aliphatic carbocycles. The lowest BCUT2D eigenvalue weighted by atomic mass is 10.2. The third-order valence-electron chi connectivity index (χ3n) is 3.09. The van der Waals surface area contributed by atoms with Gasteiger partial charge in [-0.25, -0.2) is 0 Å². The summed E-state index contributed by atoms with van der Waals surface area (Å²) in [6, 6.07) is 0.0740. The summed E-state index contributed by atoms with van der Waals surface area (Å²) in [7, 11) is -1.58. The third kappa shape index (κ3) is 3.16. The zero-order valence-corrected chi connectivity index (χ0v) is 11.3. The molecule has 5 nitrogen and oxygen atoms in total. The first kappa shape index (κ1) is 13.9. The molecule has 0 aromatic rings. The van der Waals surface area contributed by atoms with Crippen LogP contribution in [0.15, 0.2) is 0 Å². The van der Waals surface area contributed by atoms with E-state index in [4.69, 9.17) is 0 Å². The van der Waals surface area contributed by atoms with Crippen LogP contribution in [0, 0.1) is 0 Å². The van der Waals surface area contributed by atoms with E-state index >= 15 is 0 Å². The minimum Gasteiger partial charge on any atom is -0.314 e. The molecular formula is C10H23N3O2S. The quantitative estimate of drug-likeness (QED) is 0.760. The van der Waals surface area contributed by atoms with Gasteiger partial charge in [0.05, 0.1) is 0 Å². The van der Waals surface area contributed by atoms with Crippen LogP contribution in [0.5, 0.6) is 0 Å². The fourth-order valence-electron chi connectivity index (χ4n) is 1.88. The van der Waals surface area contributed by atoms with Gasteiger partial charge in [0.1, 0.15) is 0 Å². The van der Waals surface area contributed by atoms with Gasteiger partial charge in [0, 0.05) is 39.3 Å². The van der Waals surface area contributed by atoms with E-state index in [0.29, 0.717) is 13.1 Å². The molecule has 6 heteroatoms. The highest BCUT2D eigenvalue weighted by Crippen LogP contribution is 2.13. The molecule has 1 heterocycles. The molecular weight excluding hydrogens is 226 g/mol. The predicted molar refractivity (Wildman–Crippen MR) is 65.5 cm³/mol. The summed E-state index contributed by atoms with van der Waals surface area (Å²) in [5, 5.41) is 3.16. The fourth-order valence-corrected chi connectivity index (χ4v) is 3.45. The fraction of sp³-hybridized carbons (Fsp3) is 1.00. The largest absolute Gasteiger partial charge is 0.314 e. The summed E-state index contributed by atoms with van der Waals surface area (Å²) < 4.78 is 27.5. The van der Waals surface area contributed by atoms with Crippen molar-refractivity contribution in [3.05, 3.63) is 0 Å². The Morgan fingerprint density at radius 2 is 1.94 bits per heavy atom. The molecule has 0 radical (unpaired) electrons. The van der Waals surface area contributed by atoms with Gasteiger partial charge in [-0.05, 0) is 13.3 Å². The van der Waals surface area contributed by atoms with E-state index < -0.39 is 10.2 Å². The number of piperazine rings is 1. The zero-order valence-electron chi connectivity index (χ0n) is 10.4. The second-order valence-corrected chi connectivity index (χ2v) is 6.30. The van der Waals surface area contributed by atoms with Crippen LogP contribution >= 0.6 is 0 Å². The monoisotopic (exact) mass is 249 g/mol. The maximum Gasteiger partial charge on any atom is 0.282 e. The second kappa shape index (κ2) is 5.95. The zero-order chi connectivity index (χ0) is 12.2. The minimum absolute atomic E-state index is 0.0740. The van der Waals surface area contributed by atoms with Crippen molar-refractivity contribution in [2.24, 2.45) is 0 Å². The molecule has 0 saturated carbocycles. The molecule has 0 spiro atoms. The molecule has 16 heavy (non-hydrogen) atoms. The first-order valence-corrected chi connectivity index (χ1v) is 7.33. The Balaban J connectivity index is 2.67. The first-order chi connectivity index (χ1) is 7.50. The predicted octanol–water partition coefficient (Wildman–Crippen LogP) is 0.257. The molecule has 0 bridgehead atoms. The van der Waals surface area contributed by atoms with Crippen LogP contribution in [-0.4, -0.2) is 56.3 Å². The Kier molecular flexibility index (Phi) is 5.17. The van der Waals surface area contributed by atoms with E-state index in [1.807, 2.05) is 6.92 Å². The van der Waals surface area contributed by atoms with E-state index in [9.17, 15) is 8.42 Å². The van der Waals surface area contributed by atoms with E-state index in [1.165, 1.54) is 4.31 Å². The minimum atomic E-state index is -3.26. The molecule has 0 aromatic heterocycles. The highest BCUT2D eigenvalue weighted by atomic mass is 32.2. The maximum absolute atomic E-state index is 12.2. The van der Waals surface area contributed by atoms with Crippen molar-refractivity contribution in [2.45, 2.75) is 32.7 Å². The van der Waals surface area contributed by atoms with Crippen molar-refractivity contribution >= 4 is 10.2 Å². The molecule has 1 fully saturated rings. The first-order valence-electron chi connectivity index (χ1n) is 5.94. The number of nitrogens with one attached hydrogen (secondary N) is 1. The van der Waals surface area contributed by atoms with Crippen molar-refractivity contribution in [1.29, 1.82) is 0 Å². The van der Waals surface area contributed by atoms with Gasteiger partial charge in [-0.1, -0.05) is 13.3 Å². The molecule has 1 atom stereocenters. The topological polar surface area (TPSA) is 52.7 Å². The summed E-state index contributed by atoms with van der Waals surface area (Å²) in [6.45, 7) is 6.67. The highest BCUT2D eigenvalue weighted by molar-refractivity contribution is 7.86. The average molecular weight is 249 g/mol. The SMILES string of the molecule is CCCC(C)N(C)S(=O)(=O)N1CCNCC1. The highest BCUT2D eigenvalue weighted by Gasteiger charge is 2.30. The summed E-state index contributed by atoms with van der Waals surface area (Å²) in [5.74, 6) is 0. The van der Waals surface area contributed by atoms with Crippen molar-refractivity contribution < 1.29 is 8.42 Å². The Morgan fingerprint density at radius 3 is 2.44 bits per heavy atom. The lowest BCUT2D eigenvalue weighted by Crippen LogP contribution is -2.52. The van der Waals surface area contributed by atoms with Gasteiger partial charge >= 0.3 is 0 Å².